The third kappa shape index (κ3) is 2.93. The van der Waals surface area contributed by atoms with Crippen LogP contribution in [0.3, 0.4) is 0 Å². The highest BCUT2D eigenvalue weighted by Gasteiger charge is 2.45. The van der Waals surface area contributed by atoms with Gasteiger partial charge in [0, 0.05) is 38.5 Å². The number of hydrogen-bond donors (Lipinski definition) is 0. The van der Waals surface area contributed by atoms with Crippen LogP contribution in [0.15, 0.2) is 0 Å². The van der Waals surface area contributed by atoms with Gasteiger partial charge in [-0.1, -0.05) is 13.8 Å². The minimum absolute atomic E-state index is 0.211. The molecule has 5 nitrogen and oxygen atoms in total. The molecule has 5 heteroatoms. The van der Waals surface area contributed by atoms with Crippen molar-refractivity contribution < 1.29 is 14.3 Å². The molecule has 0 unspecified atom stereocenters. The molecular weight excluding hydrogens is 268 g/mol. The van der Waals surface area contributed by atoms with Crippen LogP contribution in [0, 0.1) is 11.8 Å². The van der Waals surface area contributed by atoms with Crippen molar-refractivity contribution in [3.8, 4) is 0 Å². The molecule has 118 valence electrons. The maximum atomic E-state index is 12.3. The van der Waals surface area contributed by atoms with E-state index in [-0.39, 0.29) is 17.4 Å². The molecule has 0 aromatic heterocycles. The van der Waals surface area contributed by atoms with Crippen LogP contribution in [0.4, 0.5) is 0 Å². The van der Waals surface area contributed by atoms with Crippen molar-refractivity contribution >= 4 is 11.8 Å². The van der Waals surface area contributed by atoms with Crippen molar-refractivity contribution in [3.05, 3.63) is 0 Å². The van der Waals surface area contributed by atoms with Gasteiger partial charge in [0.25, 0.3) is 0 Å². The van der Waals surface area contributed by atoms with Gasteiger partial charge < -0.3 is 14.5 Å². The number of rotatable bonds is 2. The van der Waals surface area contributed by atoms with E-state index in [4.69, 9.17) is 4.74 Å². The molecule has 2 amide bonds. The first-order valence-corrected chi connectivity index (χ1v) is 8.25. The Balaban J connectivity index is 1.56. The summed E-state index contributed by atoms with van der Waals surface area (Å²) in [6, 6.07) is 0. The normalized spacial score (nSPS) is 31.3. The quantitative estimate of drug-likeness (QED) is 0.771. The van der Waals surface area contributed by atoms with Gasteiger partial charge in [0.05, 0.1) is 12.2 Å². The molecule has 0 aromatic rings. The first-order chi connectivity index (χ1) is 10.0. The van der Waals surface area contributed by atoms with E-state index in [0.29, 0.717) is 37.9 Å². The van der Waals surface area contributed by atoms with Crippen LogP contribution in [0.25, 0.3) is 0 Å². The van der Waals surface area contributed by atoms with E-state index in [2.05, 4.69) is 6.92 Å². The summed E-state index contributed by atoms with van der Waals surface area (Å²) in [6.45, 7) is 7.62. The van der Waals surface area contributed by atoms with E-state index in [9.17, 15) is 9.59 Å². The second-order valence-corrected chi connectivity index (χ2v) is 6.85. The fourth-order valence-corrected chi connectivity index (χ4v) is 3.62. The molecule has 2 atom stereocenters. The summed E-state index contributed by atoms with van der Waals surface area (Å²) in [5.74, 6) is 1.37. The standard InChI is InChI=1S/C16H26N2O3/c1-3-14(19)18-8-9-21-16(11-18)4-6-17(7-5-16)15(20)13-10-12(13)2/h12-13H,3-11H2,1-2H3/t12-,13-/m0/s1. The van der Waals surface area contributed by atoms with Crippen molar-refractivity contribution in [2.75, 3.05) is 32.8 Å². The SMILES string of the molecule is CCC(=O)N1CCOC2(CCN(C(=O)[C@H]3C[C@@H]3C)CC2)C1. The van der Waals surface area contributed by atoms with Crippen molar-refractivity contribution in [3.63, 3.8) is 0 Å². The molecule has 3 fully saturated rings. The Morgan fingerprint density at radius 2 is 1.86 bits per heavy atom. The molecule has 2 saturated heterocycles. The van der Waals surface area contributed by atoms with E-state index in [1.54, 1.807) is 0 Å². The van der Waals surface area contributed by atoms with Gasteiger partial charge in [-0.2, -0.15) is 0 Å². The highest BCUT2D eigenvalue weighted by molar-refractivity contribution is 5.81. The van der Waals surface area contributed by atoms with Crippen LogP contribution in [-0.2, 0) is 14.3 Å². The summed E-state index contributed by atoms with van der Waals surface area (Å²) < 4.78 is 6.02. The molecule has 1 saturated carbocycles. The van der Waals surface area contributed by atoms with Gasteiger partial charge in [-0.25, -0.2) is 0 Å². The first kappa shape index (κ1) is 14.8. The Bertz CT molecular complexity index is 429. The van der Waals surface area contributed by atoms with E-state index in [1.165, 1.54) is 0 Å². The van der Waals surface area contributed by atoms with Crippen LogP contribution < -0.4 is 0 Å². The molecule has 2 aliphatic heterocycles. The van der Waals surface area contributed by atoms with Crippen LogP contribution in [-0.4, -0.2) is 60.0 Å². The zero-order valence-electron chi connectivity index (χ0n) is 13.1. The number of nitrogens with zero attached hydrogens (tertiary/aromatic N) is 2. The predicted molar refractivity (Wildman–Crippen MR) is 78.6 cm³/mol. The van der Waals surface area contributed by atoms with Gasteiger partial charge in [0.15, 0.2) is 0 Å². The van der Waals surface area contributed by atoms with Crippen LogP contribution in [0.2, 0.25) is 0 Å². The lowest BCUT2D eigenvalue weighted by molar-refractivity contribution is -0.163. The van der Waals surface area contributed by atoms with E-state index < -0.39 is 0 Å². The van der Waals surface area contributed by atoms with Crippen molar-refractivity contribution in [1.29, 1.82) is 0 Å². The zero-order valence-corrected chi connectivity index (χ0v) is 13.1. The number of morpholine rings is 1. The number of piperidine rings is 1. The van der Waals surface area contributed by atoms with Crippen molar-refractivity contribution in [2.24, 2.45) is 11.8 Å². The third-order valence-electron chi connectivity index (χ3n) is 5.32. The highest BCUT2D eigenvalue weighted by Crippen LogP contribution is 2.40. The number of carbonyl (C=O) groups is 2. The van der Waals surface area contributed by atoms with E-state index >= 15 is 0 Å². The lowest BCUT2D eigenvalue weighted by Gasteiger charge is -2.47. The largest absolute Gasteiger partial charge is 0.371 e. The summed E-state index contributed by atoms with van der Waals surface area (Å²) in [4.78, 5) is 28.1. The molecule has 21 heavy (non-hydrogen) atoms. The van der Waals surface area contributed by atoms with Gasteiger partial charge in [0.1, 0.15) is 0 Å². The average molecular weight is 294 g/mol. The van der Waals surface area contributed by atoms with E-state index in [0.717, 1.165) is 32.4 Å². The third-order valence-corrected chi connectivity index (χ3v) is 5.32. The first-order valence-electron chi connectivity index (χ1n) is 8.25. The van der Waals surface area contributed by atoms with Crippen molar-refractivity contribution in [1.82, 2.24) is 9.80 Å². The van der Waals surface area contributed by atoms with Gasteiger partial charge in [-0.15, -0.1) is 0 Å². The molecule has 0 bridgehead atoms. The summed E-state index contributed by atoms with van der Waals surface area (Å²) in [5.41, 5.74) is -0.213. The van der Waals surface area contributed by atoms with Crippen LogP contribution in [0.5, 0.6) is 0 Å². The smallest absolute Gasteiger partial charge is 0.225 e. The molecule has 0 N–H and O–H groups in total. The molecular formula is C16H26N2O3. The Kier molecular flexibility index (Phi) is 3.95. The summed E-state index contributed by atoms with van der Waals surface area (Å²) in [7, 11) is 0. The lowest BCUT2D eigenvalue weighted by atomic mass is 9.89. The molecule has 2 heterocycles. The Morgan fingerprint density at radius 1 is 1.19 bits per heavy atom. The van der Waals surface area contributed by atoms with Crippen LogP contribution in [0.1, 0.15) is 39.5 Å². The molecule has 3 aliphatic rings. The predicted octanol–water partition coefficient (Wildman–Crippen LogP) is 1.27. The fourth-order valence-electron chi connectivity index (χ4n) is 3.62. The second kappa shape index (κ2) is 5.59. The topological polar surface area (TPSA) is 49.9 Å². The summed E-state index contributed by atoms with van der Waals surface area (Å²) in [5, 5.41) is 0. The lowest BCUT2D eigenvalue weighted by Crippen LogP contribution is -2.58. The average Bonchev–Trinajstić information content (AvgIpc) is 3.23. The van der Waals surface area contributed by atoms with Gasteiger partial charge in [-0.3, -0.25) is 9.59 Å². The minimum Gasteiger partial charge on any atom is -0.371 e. The number of carbonyl (C=O) groups excluding carboxylic acids is 2. The maximum Gasteiger partial charge on any atom is 0.225 e. The van der Waals surface area contributed by atoms with Crippen molar-refractivity contribution in [2.45, 2.75) is 45.1 Å². The Morgan fingerprint density at radius 3 is 2.43 bits per heavy atom. The molecule has 0 aromatic carbocycles. The Hall–Kier alpha value is -1.10. The highest BCUT2D eigenvalue weighted by atomic mass is 16.5. The van der Waals surface area contributed by atoms with Gasteiger partial charge in [0.2, 0.25) is 11.8 Å². The Labute approximate surface area is 126 Å². The molecule has 1 spiro atoms. The number of likely N-dealkylation sites (tertiary alicyclic amines) is 1. The summed E-state index contributed by atoms with van der Waals surface area (Å²) in [6.07, 6.45) is 3.32. The van der Waals surface area contributed by atoms with E-state index in [1.807, 2.05) is 16.7 Å². The molecule has 3 rings (SSSR count). The maximum absolute atomic E-state index is 12.3. The van der Waals surface area contributed by atoms with Gasteiger partial charge >= 0.3 is 0 Å². The zero-order chi connectivity index (χ0) is 15.0. The number of amides is 2. The second-order valence-electron chi connectivity index (χ2n) is 6.85. The van der Waals surface area contributed by atoms with Gasteiger partial charge in [-0.05, 0) is 25.2 Å². The molecule has 0 radical (unpaired) electrons. The minimum atomic E-state index is -0.213. The monoisotopic (exact) mass is 294 g/mol. The fraction of sp³-hybridized carbons (Fsp3) is 0.875. The molecule has 1 aliphatic carbocycles. The summed E-state index contributed by atoms with van der Waals surface area (Å²) >= 11 is 0. The van der Waals surface area contributed by atoms with Crippen LogP contribution >= 0.6 is 0 Å². The number of hydrogen-bond acceptors (Lipinski definition) is 3. The number of ether oxygens (including phenoxy) is 1.